The predicted molar refractivity (Wildman–Crippen MR) is 267 cm³/mol. The lowest BCUT2D eigenvalue weighted by Crippen LogP contribution is -2.60. The molecule has 0 radical (unpaired) electrons. The Morgan fingerprint density at radius 1 is 0.516 bits per heavy atom. The summed E-state index contributed by atoms with van der Waals surface area (Å²) < 4.78 is 11.2. The Morgan fingerprint density at radius 2 is 0.891 bits per heavy atom. The van der Waals surface area contributed by atoms with Gasteiger partial charge >= 0.3 is 0 Å². The third-order valence-electron chi connectivity index (χ3n) is 12.9. The summed E-state index contributed by atoms with van der Waals surface area (Å²) in [6.45, 7) is 3.77. The Hall–Kier alpha value is -1.59. The summed E-state index contributed by atoms with van der Waals surface area (Å²) in [5, 5.41) is 54.3. The van der Waals surface area contributed by atoms with E-state index in [0.29, 0.717) is 6.42 Å². The molecule has 0 aromatic heterocycles. The molecule has 7 unspecified atom stereocenters. The van der Waals surface area contributed by atoms with Gasteiger partial charge in [-0.3, -0.25) is 4.79 Å². The van der Waals surface area contributed by atoms with E-state index in [0.717, 1.165) is 38.5 Å². The molecule has 1 aliphatic rings. The van der Waals surface area contributed by atoms with Crippen molar-refractivity contribution in [3.8, 4) is 0 Å². The Bertz CT molecular complexity index is 1100. The van der Waals surface area contributed by atoms with E-state index in [2.05, 4.69) is 43.5 Å². The van der Waals surface area contributed by atoms with E-state index >= 15 is 0 Å². The van der Waals surface area contributed by atoms with Gasteiger partial charge in [0, 0.05) is 6.42 Å². The van der Waals surface area contributed by atoms with E-state index in [9.17, 15) is 30.3 Å². The van der Waals surface area contributed by atoms with Crippen molar-refractivity contribution in [3.05, 3.63) is 36.5 Å². The fraction of sp³-hybridized carbons (Fsp3) is 0.873. The third kappa shape index (κ3) is 34.7. The molecule has 1 heterocycles. The van der Waals surface area contributed by atoms with E-state index in [1.54, 1.807) is 6.08 Å². The number of carbonyl (C=O) groups excluding carboxylic acids is 1. The van der Waals surface area contributed by atoms with Crippen LogP contribution in [-0.2, 0) is 14.3 Å². The Labute approximate surface area is 393 Å². The Balaban J connectivity index is 2.21. The zero-order valence-electron chi connectivity index (χ0n) is 41.5. The van der Waals surface area contributed by atoms with Crippen LogP contribution in [0, 0.1) is 0 Å². The summed E-state index contributed by atoms with van der Waals surface area (Å²) in [5.74, 6) is -0.185. The lowest BCUT2D eigenvalue weighted by molar-refractivity contribution is -0.302. The molecule has 1 rings (SSSR count). The number of hydrogen-bond acceptors (Lipinski definition) is 8. The molecular weight excluding hydrogens is 803 g/mol. The van der Waals surface area contributed by atoms with Gasteiger partial charge in [0.15, 0.2) is 6.29 Å². The summed E-state index contributed by atoms with van der Waals surface area (Å²) in [6, 6.07) is -0.819. The van der Waals surface area contributed by atoms with Crippen LogP contribution in [0.25, 0.3) is 0 Å². The van der Waals surface area contributed by atoms with Crippen LogP contribution in [0.5, 0.6) is 0 Å². The highest BCUT2D eigenvalue weighted by atomic mass is 16.7. The van der Waals surface area contributed by atoms with Crippen molar-refractivity contribution in [2.24, 2.45) is 0 Å². The molecule has 1 amide bonds. The summed E-state index contributed by atoms with van der Waals surface area (Å²) in [5.41, 5.74) is 0. The summed E-state index contributed by atoms with van der Waals surface area (Å²) in [6.07, 6.45) is 50.7. The number of carbonyl (C=O) groups is 1. The highest BCUT2D eigenvalue weighted by Crippen LogP contribution is 2.23. The van der Waals surface area contributed by atoms with Gasteiger partial charge in [-0.2, -0.15) is 0 Å². The number of rotatable bonds is 46. The SMILES string of the molecule is CCCCCCCCCC/C=C\CCCCCCCCCCCCCCCCCC(=O)NC(COC1OC(CO)C(O)C(O)C1O)C(O)/C=C/CC/C=C/CCCCCCCCCC. The van der Waals surface area contributed by atoms with Crippen molar-refractivity contribution < 1.29 is 39.8 Å². The van der Waals surface area contributed by atoms with Gasteiger partial charge in [0.2, 0.25) is 5.91 Å². The second kappa shape index (κ2) is 45.2. The number of amides is 1. The highest BCUT2D eigenvalue weighted by molar-refractivity contribution is 5.76. The van der Waals surface area contributed by atoms with Crippen molar-refractivity contribution in [1.29, 1.82) is 0 Å². The van der Waals surface area contributed by atoms with Crippen LogP contribution in [0.2, 0.25) is 0 Å². The van der Waals surface area contributed by atoms with Gasteiger partial charge in [-0.25, -0.2) is 0 Å². The number of aliphatic hydroxyl groups excluding tert-OH is 5. The lowest BCUT2D eigenvalue weighted by atomic mass is 9.99. The summed E-state index contributed by atoms with van der Waals surface area (Å²) in [4.78, 5) is 13.0. The van der Waals surface area contributed by atoms with Crippen LogP contribution in [0.3, 0.4) is 0 Å². The van der Waals surface area contributed by atoms with Gasteiger partial charge in [0.05, 0.1) is 25.4 Å². The molecule has 1 aliphatic heterocycles. The molecule has 64 heavy (non-hydrogen) atoms. The molecule has 376 valence electrons. The molecule has 9 heteroatoms. The highest BCUT2D eigenvalue weighted by Gasteiger charge is 2.44. The van der Waals surface area contributed by atoms with Crippen LogP contribution in [0.4, 0.5) is 0 Å². The molecular formula is C55H103NO8. The first-order valence-electron chi connectivity index (χ1n) is 27.2. The smallest absolute Gasteiger partial charge is 0.220 e. The Morgan fingerprint density at radius 3 is 1.31 bits per heavy atom. The molecule has 1 saturated heterocycles. The molecule has 0 aromatic carbocycles. The molecule has 0 saturated carbocycles. The maximum absolute atomic E-state index is 13.0. The number of aliphatic hydroxyl groups is 5. The van der Waals surface area contributed by atoms with Gasteiger partial charge in [-0.15, -0.1) is 0 Å². The number of ether oxygens (including phenoxy) is 2. The van der Waals surface area contributed by atoms with Crippen molar-refractivity contribution in [3.63, 3.8) is 0 Å². The van der Waals surface area contributed by atoms with Crippen LogP contribution in [0.15, 0.2) is 36.5 Å². The van der Waals surface area contributed by atoms with Crippen molar-refractivity contribution in [2.45, 2.75) is 294 Å². The number of nitrogens with one attached hydrogen (secondary N) is 1. The van der Waals surface area contributed by atoms with Crippen molar-refractivity contribution >= 4 is 5.91 Å². The number of unbranched alkanes of at least 4 members (excludes halogenated alkanes) is 32. The average molecular weight is 906 g/mol. The number of hydrogen-bond donors (Lipinski definition) is 6. The maximum Gasteiger partial charge on any atom is 0.220 e. The zero-order valence-corrected chi connectivity index (χ0v) is 41.5. The van der Waals surface area contributed by atoms with E-state index in [-0.39, 0.29) is 12.5 Å². The van der Waals surface area contributed by atoms with Crippen LogP contribution in [-0.4, -0.2) is 87.5 Å². The minimum Gasteiger partial charge on any atom is -0.394 e. The van der Waals surface area contributed by atoms with Crippen LogP contribution in [0.1, 0.15) is 251 Å². The molecule has 0 bridgehead atoms. The van der Waals surface area contributed by atoms with E-state index < -0.39 is 49.5 Å². The second-order valence-corrected chi connectivity index (χ2v) is 19.0. The fourth-order valence-corrected chi connectivity index (χ4v) is 8.58. The average Bonchev–Trinajstić information content (AvgIpc) is 3.29. The molecule has 9 nitrogen and oxygen atoms in total. The third-order valence-corrected chi connectivity index (χ3v) is 12.9. The number of allylic oxidation sites excluding steroid dienone is 5. The van der Waals surface area contributed by atoms with Gasteiger partial charge in [-0.05, 0) is 57.8 Å². The first-order chi connectivity index (χ1) is 31.3. The van der Waals surface area contributed by atoms with Gasteiger partial charge in [0.1, 0.15) is 24.4 Å². The van der Waals surface area contributed by atoms with E-state index in [1.807, 2.05) is 6.08 Å². The largest absolute Gasteiger partial charge is 0.394 e. The topological polar surface area (TPSA) is 149 Å². The van der Waals surface area contributed by atoms with Crippen molar-refractivity contribution in [2.75, 3.05) is 13.2 Å². The molecule has 0 aliphatic carbocycles. The normalized spacial score (nSPS) is 20.3. The van der Waals surface area contributed by atoms with Gasteiger partial charge in [0.25, 0.3) is 0 Å². The van der Waals surface area contributed by atoms with E-state index in [1.165, 1.54) is 193 Å². The van der Waals surface area contributed by atoms with Crippen LogP contribution < -0.4 is 5.32 Å². The monoisotopic (exact) mass is 906 g/mol. The molecule has 7 atom stereocenters. The fourth-order valence-electron chi connectivity index (χ4n) is 8.58. The molecule has 0 aromatic rings. The zero-order chi connectivity index (χ0) is 46.6. The minimum atomic E-state index is -1.57. The maximum atomic E-state index is 13.0. The minimum absolute atomic E-state index is 0.185. The van der Waals surface area contributed by atoms with Gasteiger partial charge < -0.3 is 40.3 Å². The first-order valence-corrected chi connectivity index (χ1v) is 27.2. The molecule has 0 spiro atoms. The standard InChI is InChI=1S/C55H103NO8/c1-3-5-7-9-11-13-15-17-19-20-21-22-23-24-25-26-27-28-29-30-31-33-35-37-39-41-43-45-51(59)56-48(47-63-55-54(62)53(61)52(60)50(46-57)64-55)49(58)44-42-40-38-36-34-32-18-16-14-12-10-8-6-4-2/h20-21,34,36,42,44,48-50,52-55,57-58,60-62H,3-19,22-33,35,37-41,43,45-47H2,1-2H3,(H,56,59)/b21-20-,36-34+,44-42+. The van der Waals surface area contributed by atoms with E-state index in [4.69, 9.17) is 9.47 Å². The quantitative estimate of drug-likeness (QED) is 0.0261. The Kier molecular flexibility index (Phi) is 42.7. The first kappa shape index (κ1) is 60.4. The van der Waals surface area contributed by atoms with Crippen LogP contribution >= 0.6 is 0 Å². The van der Waals surface area contributed by atoms with Gasteiger partial charge in [-0.1, -0.05) is 224 Å². The molecule has 1 fully saturated rings. The predicted octanol–water partition coefficient (Wildman–Crippen LogP) is 12.8. The second-order valence-electron chi connectivity index (χ2n) is 19.0. The lowest BCUT2D eigenvalue weighted by Gasteiger charge is -2.40. The van der Waals surface area contributed by atoms with Crippen molar-refractivity contribution in [1.82, 2.24) is 5.32 Å². The molecule has 6 N–H and O–H groups in total. The summed E-state index contributed by atoms with van der Waals surface area (Å²) >= 11 is 0. The summed E-state index contributed by atoms with van der Waals surface area (Å²) in [7, 11) is 0.